The van der Waals surface area contributed by atoms with Gasteiger partial charge in [0.1, 0.15) is 11.5 Å². The summed E-state index contributed by atoms with van der Waals surface area (Å²) in [4.78, 5) is 18.7. The Kier molecular flexibility index (Phi) is 9.71. The van der Waals surface area contributed by atoms with Gasteiger partial charge in [-0.15, -0.1) is 6.57 Å². The Morgan fingerprint density at radius 3 is 2.38 bits per heavy atom. The molecule has 0 aliphatic carbocycles. The van der Waals surface area contributed by atoms with Crippen molar-refractivity contribution >= 4 is 11.7 Å². The number of carbonyl (C=O) groups is 1. The lowest BCUT2D eigenvalue weighted by molar-refractivity contribution is -0.734. The second-order valence-corrected chi connectivity index (χ2v) is 7.68. The van der Waals surface area contributed by atoms with Crippen LogP contribution in [0.15, 0.2) is 48.5 Å². The van der Waals surface area contributed by atoms with E-state index in [0.717, 1.165) is 61.2 Å². The number of hydrogen-bond donors (Lipinski definition) is 1. The SMILES string of the molecule is [C-]#[N+]c1nn(-c2ccc(CCC(=O)CCCCCCN)cc2)[n+](-c2ccc(C)cc2)n1.[CH3-]. The largest absolute Gasteiger partial charge is 0.475 e. The highest BCUT2D eigenvalue weighted by Gasteiger charge is 2.22. The van der Waals surface area contributed by atoms with Gasteiger partial charge >= 0.3 is 5.95 Å². The summed E-state index contributed by atoms with van der Waals surface area (Å²) in [7, 11) is 0. The molecule has 0 unspecified atom stereocenters. The molecular weight excluding hydrogens is 400 g/mol. The Balaban J connectivity index is 0.00000363. The molecule has 0 bridgehead atoms. The molecule has 0 saturated heterocycles. The van der Waals surface area contributed by atoms with Crippen LogP contribution in [0.5, 0.6) is 0 Å². The number of aryl methyl sites for hydroxylation is 2. The van der Waals surface area contributed by atoms with Crippen molar-refractivity contribution in [2.24, 2.45) is 5.73 Å². The minimum absolute atomic E-state index is 0. The molecule has 3 rings (SSSR count). The summed E-state index contributed by atoms with van der Waals surface area (Å²) in [6.45, 7) is 10.0. The number of hydrogen-bond acceptors (Lipinski definition) is 4. The van der Waals surface area contributed by atoms with Crippen LogP contribution < -0.4 is 10.5 Å². The van der Waals surface area contributed by atoms with Gasteiger partial charge in [-0.3, -0.25) is 4.79 Å². The minimum Gasteiger partial charge on any atom is -0.382 e. The maximum Gasteiger partial charge on any atom is 0.475 e. The summed E-state index contributed by atoms with van der Waals surface area (Å²) >= 11 is 0. The van der Waals surface area contributed by atoms with Crippen LogP contribution in [0, 0.1) is 20.9 Å². The number of nitrogens with zero attached hydrogens (tertiary/aromatic N) is 5. The Morgan fingerprint density at radius 2 is 1.72 bits per heavy atom. The molecule has 32 heavy (non-hydrogen) atoms. The van der Waals surface area contributed by atoms with Gasteiger partial charge in [0.05, 0.1) is 10.2 Å². The van der Waals surface area contributed by atoms with Gasteiger partial charge in [0.15, 0.2) is 5.69 Å². The van der Waals surface area contributed by atoms with Crippen LogP contribution in [0.2, 0.25) is 0 Å². The topological polar surface area (TPSA) is 82.0 Å². The second-order valence-electron chi connectivity index (χ2n) is 7.68. The lowest BCUT2D eigenvalue weighted by Gasteiger charge is -2.04. The zero-order valence-corrected chi connectivity index (χ0v) is 19.0. The smallest absolute Gasteiger partial charge is 0.382 e. The number of benzene rings is 2. The molecule has 0 spiro atoms. The molecule has 7 nitrogen and oxygen atoms in total. The predicted octanol–water partition coefficient (Wildman–Crippen LogP) is 4.26. The van der Waals surface area contributed by atoms with Gasteiger partial charge in [0.25, 0.3) is 0 Å². The number of ketones is 1. The van der Waals surface area contributed by atoms with Crippen molar-refractivity contribution in [2.75, 3.05) is 6.54 Å². The molecule has 0 radical (unpaired) electrons. The summed E-state index contributed by atoms with van der Waals surface area (Å²) in [5.74, 6) is 0.397. The van der Waals surface area contributed by atoms with Crippen molar-refractivity contribution in [3.63, 3.8) is 0 Å². The Bertz CT molecular complexity index is 1030. The molecule has 0 atom stereocenters. The van der Waals surface area contributed by atoms with Gasteiger partial charge in [0, 0.05) is 22.4 Å². The molecule has 2 aromatic carbocycles. The molecule has 0 amide bonds. The van der Waals surface area contributed by atoms with Crippen LogP contribution in [0.3, 0.4) is 0 Å². The third kappa shape index (κ3) is 6.82. The first-order valence-corrected chi connectivity index (χ1v) is 10.8. The van der Waals surface area contributed by atoms with E-state index in [-0.39, 0.29) is 13.4 Å². The number of Topliss-reactive ketones (excluding diaryl/α,β-unsaturated/α-hetero) is 1. The summed E-state index contributed by atoms with van der Waals surface area (Å²) in [5, 5.41) is 8.61. The first-order valence-electron chi connectivity index (χ1n) is 10.8. The number of nitrogens with two attached hydrogens (primary N) is 1. The zero-order chi connectivity index (χ0) is 22.1. The third-order valence-corrected chi connectivity index (χ3v) is 5.18. The average Bonchev–Trinajstić information content (AvgIpc) is 3.23. The van der Waals surface area contributed by atoms with Crippen molar-refractivity contribution in [1.82, 2.24) is 15.0 Å². The van der Waals surface area contributed by atoms with Gasteiger partial charge in [0.2, 0.25) is 0 Å². The highest BCUT2D eigenvalue weighted by atomic mass is 16.1. The summed E-state index contributed by atoms with van der Waals surface area (Å²) in [6, 6.07) is 15.8. The van der Waals surface area contributed by atoms with Crippen LogP contribution in [0.4, 0.5) is 5.95 Å². The van der Waals surface area contributed by atoms with Gasteiger partial charge < -0.3 is 18.0 Å². The van der Waals surface area contributed by atoms with E-state index < -0.39 is 0 Å². The van der Waals surface area contributed by atoms with Crippen LogP contribution >= 0.6 is 0 Å². The summed E-state index contributed by atoms with van der Waals surface area (Å²) < 4.78 is 0. The predicted molar refractivity (Wildman–Crippen MR) is 126 cm³/mol. The summed E-state index contributed by atoms with van der Waals surface area (Å²) in [6.07, 6.45) is 6.10. The first kappa shape index (κ1) is 24.9. The Hall–Kier alpha value is -3.37. The van der Waals surface area contributed by atoms with E-state index in [2.05, 4.69) is 15.0 Å². The molecule has 0 fully saturated rings. The van der Waals surface area contributed by atoms with Crippen molar-refractivity contribution in [1.29, 1.82) is 0 Å². The van der Waals surface area contributed by atoms with E-state index in [0.29, 0.717) is 18.6 Å². The minimum atomic E-state index is 0. The number of tetrazole rings is 1. The molecule has 1 heterocycles. The molecule has 7 heteroatoms. The van der Waals surface area contributed by atoms with E-state index in [9.17, 15) is 4.79 Å². The highest BCUT2D eigenvalue weighted by Crippen LogP contribution is 2.13. The fourth-order valence-electron chi connectivity index (χ4n) is 3.36. The molecule has 168 valence electrons. The van der Waals surface area contributed by atoms with E-state index in [1.54, 1.807) is 9.59 Å². The molecule has 1 aromatic heterocycles. The average molecular weight is 433 g/mol. The van der Waals surface area contributed by atoms with Crippen molar-refractivity contribution in [3.05, 3.63) is 78.5 Å². The molecular formula is C25H32N6O. The van der Waals surface area contributed by atoms with E-state index in [4.69, 9.17) is 12.3 Å². The Morgan fingerprint density at radius 1 is 1.03 bits per heavy atom. The number of rotatable bonds is 11. The number of aromatic nitrogens is 4. The number of carbonyl (C=O) groups excluding carboxylic acids is 1. The Labute approximate surface area is 190 Å². The molecule has 2 N–H and O–H groups in total. The van der Waals surface area contributed by atoms with E-state index >= 15 is 0 Å². The monoisotopic (exact) mass is 432 g/mol. The standard InChI is InChI=1S/C24H29N6O.CH3/c1-19-8-13-21(14-9-19)29-27-24(26-2)28-30(29)22-15-10-20(11-16-22)12-17-23(31)7-5-3-4-6-18-25;/h8-11,13-16H,3-7,12,17-18,25H2,1H3;1H3/q+1;-1. The normalized spacial score (nSPS) is 10.4. The van der Waals surface area contributed by atoms with Crippen molar-refractivity contribution in [2.45, 2.75) is 51.9 Å². The molecule has 0 aliphatic rings. The zero-order valence-electron chi connectivity index (χ0n) is 19.0. The van der Waals surface area contributed by atoms with Gasteiger partial charge in [-0.2, -0.15) is 0 Å². The van der Waals surface area contributed by atoms with Crippen LogP contribution in [0.25, 0.3) is 16.2 Å². The van der Waals surface area contributed by atoms with Gasteiger partial charge in [-0.1, -0.05) is 42.7 Å². The molecule has 3 aromatic rings. The fraction of sp³-hybridized carbons (Fsp3) is 0.360. The molecule has 0 saturated carbocycles. The molecule has 0 aliphatic heterocycles. The fourth-order valence-corrected chi connectivity index (χ4v) is 3.36. The van der Waals surface area contributed by atoms with E-state index in [1.165, 1.54) is 0 Å². The maximum absolute atomic E-state index is 12.1. The third-order valence-electron chi connectivity index (χ3n) is 5.18. The lowest BCUT2D eigenvalue weighted by Crippen LogP contribution is -2.43. The van der Waals surface area contributed by atoms with Gasteiger partial charge in [-0.05, 0) is 62.6 Å². The van der Waals surface area contributed by atoms with E-state index in [1.807, 2.05) is 55.5 Å². The van der Waals surface area contributed by atoms with Crippen molar-refractivity contribution < 1.29 is 9.59 Å². The summed E-state index contributed by atoms with van der Waals surface area (Å²) in [5.41, 5.74) is 9.38. The first-order chi connectivity index (χ1) is 15.1. The number of unbranched alkanes of at least 4 members (excludes halogenated alkanes) is 3. The second kappa shape index (κ2) is 12.5. The maximum atomic E-state index is 12.1. The quantitative estimate of drug-likeness (QED) is 0.279. The lowest BCUT2D eigenvalue weighted by atomic mass is 10.0. The van der Waals surface area contributed by atoms with Crippen LogP contribution in [-0.4, -0.2) is 27.3 Å². The van der Waals surface area contributed by atoms with Gasteiger partial charge in [-0.25, -0.2) is 0 Å². The van der Waals surface area contributed by atoms with Crippen molar-refractivity contribution in [3.8, 4) is 11.4 Å². The van der Waals surface area contributed by atoms with Crippen LogP contribution in [-0.2, 0) is 11.2 Å². The van der Waals surface area contributed by atoms with Crippen LogP contribution in [0.1, 0.15) is 49.7 Å². The highest BCUT2D eigenvalue weighted by molar-refractivity contribution is 5.78.